The van der Waals surface area contributed by atoms with Gasteiger partial charge in [0.15, 0.2) is 18.2 Å². The van der Waals surface area contributed by atoms with Crippen molar-refractivity contribution in [2.45, 2.75) is 6.61 Å². The third-order valence-corrected chi connectivity index (χ3v) is 4.54. The number of benzene rings is 1. The molecule has 3 heterocycles. The second kappa shape index (κ2) is 9.19. The van der Waals surface area contributed by atoms with E-state index < -0.39 is 0 Å². The van der Waals surface area contributed by atoms with Gasteiger partial charge in [-0.15, -0.1) is 0 Å². The minimum atomic E-state index is -0.374. The molecule has 1 amide bonds. The Hall–Kier alpha value is -3.71. The zero-order valence-electron chi connectivity index (χ0n) is 15.8. The summed E-state index contributed by atoms with van der Waals surface area (Å²) in [5.41, 5.74) is 1.55. The molecule has 0 unspecified atom stereocenters. The first-order valence-corrected chi connectivity index (χ1v) is 9.51. The van der Waals surface area contributed by atoms with Crippen LogP contribution in [0.2, 0.25) is 5.02 Å². The third kappa shape index (κ3) is 4.64. The predicted octanol–water partition coefficient (Wildman–Crippen LogP) is 4.27. The summed E-state index contributed by atoms with van der Waals surface area (Å²) in [4.78, 5) is 24.9. The van der Waals surface area contributed by atoms with Crippen molar-refractivity contribution < 1.29 is 14.3 Å². The van der Waals surface area contributed by atoms with E-state index in [1.165, 1.54) is 0 Å². The summed E-state index contributed by atoms with van der Waals surface area (Å²) >= 11 is 6.19. The molecule has 1 N–H and O–H groups in total. The molecule has 0 radical (unpaired) electrons. The van der Waals surface area contributed by atoms with Gasteiger partial charge in [0.25, 0.3) is 5.91 Å². The number of fused-ring (bicyclic) bond motifs is 1. The molecule has 7 nitrogen and oxygen atoms in total. The van der Waals surface area contributed by atoms with Gasteiger partial charge < -0.3 is 14.8 Å². The molecule has 0 bridgehead atoms. The Morgan fingerprint density at radius 3 is 2.57 bits per heavy atom. The summed E-state index contributed by atoms with van der Waals surface area (Å²) in [7, 11) is 0. The van der Waals surface area contributed by atoms with Crippen molar-refractivity contribution in [2.24, 2.45) is 0 Å². The summed E-state index contributed by atoms with van der Waals surface area (Å²) in [5, 5.41) is 4.04. The summed E-state index contributed by atoms with van der Waals surface area (Å²) in [6.07, 6.45) is 6.60. The number of aromatic nitrogens is 3. The normalized spacial score (nSPS) is 10.6. The summed E-state index contributed by atoms with van der Waals surface area (Å²) in [6.45, 7) is 0.115. The van der Waals surface area contributed by atoms with Gasteiger partial charge in [-0.3, -0.25) is 14.8 Å². The van der Waals surface area contributed by atoms with E-state index in [4.69, 9.17) is 21.1 Å². The molecular formula is C22H17ClN4O3. The Labute approximate surface area is 177 Å². The SMILES string of the molecule is O=C(COc1ccc(Cl)c2cccnc12)Nc1ncccc1OCc1ccncc1. The fourth-order valence-electron chi connectivity index (χ4n) is 2.78. The number of ether oxygens (including phenoxy) is 2. The zero-order valence-corrected chi connectivity index (χ0v) is 16.5. The molecule has 8 heteroatoms. The number of halogens is 1. The fourth-order valence-corrected chi connectivity index (χ4v) is 3.00. The van der Waals surface area contributed by atoms with Gasteiger partial charge in [0.05, 0.1) is 5.02 Å². The highest BCUT2D eigenvalue weighted by Gasteiger charge is 2.12. The van der Waals surface area contributed by atoms with Crippen LogP contribution in [-0.4, -0.2) is 27.5 Å². The van der Waals surface area contributed by atoms with Crippen molar-refractivity contribution in [2.75, 3.05) is 11.9 Å². The number of hydrogen-bond acceptors (Lipinski definition) is 6. The number of carbonyl (C=O) groups excluding carboxylic acids is 1. The van der Waals surface area contributed by atoms with Crippen LogP contribution in [0.15, 0.2) is 73.3 Å². The lowest BCUT2D eigenvalue weighted by Crippen LogP contribution is -2.21. The van der Waals surface area contributed by atoms with Crippen molar-refractivity contribution in [3.63, 3.8) is 0 Å². The number of nitrogens with zero attached hydrogens (tertiary/aromatic N) is 3. The van der Waals surface area contributed by atoms with Crippen LogP contribution in [0.25, 0.3) is 10.9 Å². The fraction of sp³-hybridized carbons (Fsp3) is 0.0909. The van der Waals surface area contributed by atoms with E-state index in [1.807, 2.05) is 18.2 Å². The molecule has 0 aliphatic rings. The average Bonchev–Trinajstić information content (AvgIpc) is 2.79. The number of nitrogens with one attached hydrogen (secondary N) is 1. The van der Waals surface area contributed by atoms with Gasteiger partial charge in [0, 0.05) is 30.2 Å². The molecule has 30 heavy (non-hydrogen) atoms. The van der Waals surface area contributed by atoms with Gasteiger partial charge in [-0.05, 0) is 54.1 Å². The van der Waals surface area contributed by atoms with Gasteiger partial charge in [-0.1, -0.05) is 11.6 Å². The van der Waals surface area contributed by atoms with Crippen LogP contribution in [-0.2, 0) is 11.4 Å². The zero-order chi connectivity index (χ0) is 20.8. The van der Waals surface area contributed by atoms with E-state index in [2.05, 4.69) is 20.3 Å². The van der Waals surface area contributed by atoms with E-state index in [1.54, 1.807) is 55.1 Å². The third-order valence-electron chi connectivity index (χ3n) is 4.21. The van der Waals surface area contributed by atoms with E-state index in [-0.39, 0.29) is 12.5 Å². The lowest BCUT2D eigenvalue weighted by Gasteiger charge is -2.12. The monoisotopic (exact) mass is 420 g/mol. The molecule has 150 valence electrons. The van der Waals surface area contributed by atoms with E-state index in [0.29, 0.717) is 34.5 Å². The predicted molar refractivity (Wildman–Crippen MR) is 114 cm³/mol. The number of amides is 1. The number of anilines is 1. The summed E-state index contributed by atoms with van der Waals surface area (Å²) in [5.74, 6) is 0.877. The highest BCUT2D eigenvalue weighted by Crippen LogP contribution is 2.29. The van der Waals surface area contributed by atoms with Gasteiger partial charge in [-0.25, -0.2) is 4.98 Å². The molecular weight excluding hydrogens is 404 g/mol. The molecule has 0 saturated carbocycles. The standard InChI is InChI=1S/C22H17ClN4O3/c23-17-5-6-18(21-16(17)3-1-9-25-21)30-14-20(28)27-22-19(4-2-10-26-22)29-13-15-7-11-24-12-8-15/h1-12H,13-14H2,(H,26,27,28). The van der Waals surface area contributed by atoms with Crippen LogP contribution in [0.4, 0.5) is 5.82 Å². The first-order valence-electron chi connectivity index (χ1n) is 9.13. The maximum absolute atomic E-state index is 12.4. The Balaban J connectivity index is 1.41. The van der Waals surface area contributed by atoms with Gasteiger partial charge in [0.2, 0.25) is 0 Å². The Kier molecular flexibility index (Phi) is 6.01. The molecule has 0 spiro atoms. The van der Waals surface area contributed by atoms with Crippen molar-refractivity contribution in [3.05, 3.63) is 83.9 Å². The lowest BCUT2D eigenvalue weighted by molar-refractivity contribution is -0.118. The quantitative estimate of drug-likeness (QED) is 0.480. The Morgan fingerprint density at radius 1 is 0.900 bits per heavy atom. The maximum atomic E-state index is 12.4. The van der Waals surface area contributed by atoms with Crippen LogP contribution >= 0.6 is 11.6 Å². The van der Waals surface area contributed by atoms with Crippen molar-refractivity contribution in [3.8, 4) is 11.5 Å². The number of carbonyl (C=O) groups is 1. The van der Waals surface area contributed by atoms with Crippen molar-refractivity contribution in [1.29, 1.82) is 0 Å². The van der Waals surface area contributed by atoms with E-state index >= 15 is 0 Å². The van der Waals surface area contributed by atoms with E-state index in [0.717, 1.165) is 10.9 Å². The van der Waals surface area contributed by atoms with Crippen LogP contribution in [0, 0.1) is 0 Å². The van der Waals surface area contributed by atoms with Gasteiger partial charge in [0.1, 0.15) is 17.9 Å². The molecule has 0 aliphatic heterocycles. The van der Waals surface area contributed by atoms with Crippen LogP contribution < -0.4 is 14.8 Å². The molecule has 0 aliphatic carbocycles. The van der Waals surface area contributed by atoms with Crippen LogP contribution in [0.1, 0.15) is 5.56 Å². The molecule has 3 aromatic heterocycles. The van der Waals surface area contributed by atoms with Gasteiger partial charge >= 0.3 is 0 Å². The van der Waals surface area contributed by atoms with Crippen LogP contribution in [0.3, 0.4) is 0 Å². The molecule has 4 aromatic rings. The first kappa shape index (κ1) is 19.6. The molecule has 1 aromatic carbocycles. The molecule has 0 atom stereocenters. The minimum absolute atomic E-state index is 0.215. The molecule has 0 fully saturated rings. The molecule has 0 saturated heterocycles. The Morgan fingerprint density at radius 2 is 1.70 bits per heavy atom. The Bertz CT molecular complexity index is 1170. The number of rotatable bonds is 7. The second-order valence-electron chi connectivity index (χ2n) is 6.28. The van der Waals surface area contributed by atoms with Crippen molar-refractivity contribution in [1.82, 2.24) is 15.0 Å². The lowest BCUT2D eigenvalue weighted by atomic mass is 10.2. The highest BCUT2D eigenvalue weighted by molar-refractivity contribution is 6.35. The summed E-state index contributed by atoms with van der Waals surface area (Å²) in [6, 6.07) is 14.2. The van der Waals surface area contributed by atoms with E-state index in [9.17, 15) is 4.79 Å². The average molecular weight is 421 g/mol. The first-order chi connectivity index (χ1) is 14.7. The smallest absolute Gasteiger partial charge is 0.263 e. The topological polar surface area (TPSA) is 86.2 Å². The van der Waals surface area contributed by atoms with Crippen LogP contribution in [0.5, 0.6) is 11.5 Å². The summed E-state index contributed by atoms with van der Waals surface area (Å²) < 4.78 is 11.5. The van der Waals surface area contributed by atoms with Crippen molar-refractivity contribution >= 4 is 34.2 Å². The number of hydrogen-bond donors (Lipinski definition) is 1. The minimum Gasteiger partial charge on any atom is -0.485 e. The second-order valence-corrected chi connectivity index (χ2v) is 6.68. The number of pyridine rings is 3. The maximum Gasteiger partial charge on any atom is 0.263 e. The highest BCUT2D eigenvalue weighted by atomic mass is 35.5. The van der Waals surface area contributed by atoms with Gasteiger partial charge in [-0.2, -0.15) is 0 Å². The molecule has 4 rings (SSSR count). The largest absolute Gasteiger partial charge is 0.485 e.